The van der Waals surface area contributed by atoms with Crippen LogP contribution in [0.5, 0.6) is 0 Å². The van der Waals surface area contributed by atoms with Crippen LogP contribution in [-0.2, 0) is 14.8 Å². The van der Waals surface area contributed by atoms with Crippen LogP contribution in [0.4, 0.5) is 10.1 Å². The van der Waals surface area contributed by atoms with E-state index in [0.29, 0.717) is 5.69 Å². The summed E-state index contributed by atoms with van der Waals surface area (Å²) in [5.74, 6) is -0.794. The van der Waals surface area contributed by atoms with Crippen LogP contribution in [0.3, 0.4) is 0 Å². The number of nitrogens with zero attached hydrogens (tertiary/aromatic N) is 1. The van der Waals surface area contributed by atoms with Gasteiger partial charge in [0.05, 0.1) is 18.0 Å². The summed E-state index contributed by atoms with van der Waals surface area (Å²) < 4.78 is 38.5. The highest BCUT2D eigenvalue weighted by Crippen LogP contribution is 2.23. The fourth-order valence-electron chi connectivity index (χ4n) is 2.72. The zero-order valence-electron chi connectivity index (χ0n) is 15.3. The van der Waals surface area contributed by atoms with Crippen LogP contribution in [0.25, 0.3) is 0 Å². The van der Waals surface area contributed by atoms with E-state index in [2.05, 4.69) is 5.32 Å². The number of hydrogen-bond acceptors (Lipinski definition) is 3. The van der Waals surface area contributed by atoms with Gasteiger partial charge in [0, 0.05) is 0 Å². The summed E-state index contributed by atoms with van der Waals surface area (Å²) >= 11 is 0. The monoisotopic (exact) mass is 378 g/mol. The molecule has 0 radical (unpaired) electrons. The van der Waals surface area contributed by atoms with Crippen molar-refractivity contribution >= 4 is 21.6 Å². The lowest BCUT2D eigenvalue weighted by Crippen LogP contribution is -2.41. The summed E-state index contributed by atoms with van der Waals surface area (Å²) in [5.41, 5.74) is 2.99. The Morgan fingerprint density at radius 2 is 1.77 bits per heavy atom. The summed E-state index contributed by atoms with van der Waals surface area (Å²) in [6.07, 6.45) is 1.07. The molecular weight excluding hydrogens is 355 g/mol. The molecule has 0 spiro atoms. The fourth-order valence-corrected chi connectivity index (χ4v) is 3.63. The van der Waals surface area contributed by atoms with E-state index >= 15 is 0 Å². The summed E-state index contributed by atoms with van der Waals surface area (Å²) in [4.78, 5) is 12.4. The number of carbonyl (C=O) groups is 1. The van der Waals surface area contributed by atoms with Crippen LogP contribution in [-0.4, -0.2) is 27.1 Å². The van der Waals surface area contributed by atoms with Crippen molar-refractivity contribution < 1.29 is 17.6 Å². The van der Waals surface area contributed by atoms with Crippen LogP contribution in [0.15, 0.2) is 42.5 Å². The lowest BCUT2D eigenvalue weighted by atomic mass is 10.1. The van der Waals surface area contributed by atoms with Crippen LogP contribution < -0.4 is 9.62 Å². The second-order valence-electron chi connectivity index (χ2n) is 6.40. The lowest BCUT2D eigenvalue weighted by molar-refractivity contribution is -0.120. The summed E-state index contributed by atoms with van der Waals surface area (Å²) in [5, 5.41) is 2.75. The molecule has 0 bridgehead atoms. The average molecular weight is 378 g/mol. The Labute approximate surface area is 153 Å². The van der Waals surface area contributed by atoms with E-state index in [1.54, 1.807) is 38.1 Å². The number of benzene rings is 2. The maximum atomic E-state index is 13.0. The van der Waals surface area contributed by atoms with E-state index in [1.165, 1.54) is 12.1 Å². The van der Waals surface area contributed by atoms with Crippen molar-refractivity contribution in [3.05, 3.63) is 65.0 Å². The molecule has 0 heterocycles. The van der Waals surface area contributed by atoms with Crippen molar-refractivity contribution in [1.29, 1.82) is 0 Å². The minimum atomic E-state index is -3.63. The second-order valence-corrected chi connectivity index (χ2v) is 8.31. The van der Waals surface area contributed by atoms with Gasteiger partial charge in [0.1, 0.15) is 12.4 Å². The highest BCUT2D eigenvalue weighted by atomic mass is 32.2. The molecule has 0 aliphatic rings. The predicted molar refractivity (Wildman–Crippen MR) is 101 cm³/mol. The van der Waals surface area contributed by atoms with Gasteiger partial charge in [0.2, 0.25) is 15.9 Å². The molecule has 0 unspecified atom stereocenters. The maximum absolute atomic E-state index is 13.0. The summed E-state index contributed by atoms with van der Waals surface area (Å²) in [7, 11) is -3.63. The number of nitrogens with one attached hydrogen (secondary N) is 1. The molecule has 5 nitrogen and oxygen atoms in total. The Balaban J connectivity index is 2.18. The normalized spacial score (nSPS) is 12.5. The number of amides is 1. The minimum Gasteiger partial charge on any atom is -0.348 e. The Morgan fingerprint density at radius 3 is 2.31 bits per heavy atom. The molecule has 1 atom stereocenters. The van der Waals surface area contributed by atoms with Gasteiger partial charge in [-0.2, -0.15) is 0 Å². The third-order valence-electron chi connectivity index (χ3n) is 4.06. The number of sulfonamides is 1. The van der Waals surface area contributed by atoms with Crippen molar-refractivity contribution in [3.8, 4) is 0 Å². The average Bonchev–Trinajstić information content (AvgIpc) is 2.53. The molecule has 1 N–H and O–H groups in total. The lowest BCUT2D eigenvalue weighted by Gasteiger charge is -2.25. The summed E-state index contributed by atoms with van der Waals surface area (Å²) in [6.45, 7) is 5.15. The van der Waals surface area contributed by atoms with Crippen molar-refractivity contribution in [2.75, 3.05) is 17.1 Å². The molecule has 0 saturated heterocycles. The van der Waals surface area contributed by atoms with Gasteiger partial charge in [-0.15, -0.1) is 0 Å². The zero-order chi connectivity index (χ0) is 19.5. The molecule has 2 aromatic rings. The second kappa shape index (κ2) is 7.86. The van der Waals surface area contributed by atoms with Crippen LogP contribution >= 0.6 is 0 Å². The van der Waals surface area contributed by atoms with E-state index < -0.39 is 15.9 Å². The molecule has 7 heteroatoms. The van der Waals surface area contributed by atoms with Crippen molar-refractivity contribution in [1.82, 2.24) is 5.32 Å². The first-order valence-corrected chi connectivity index (χ1v) is 10.0. The number of hydrogen-bond donors (Lipinski definition) is 1. The third kappa shape index (κ3) is 5.05. The fraction of sp³-hybridized carbons (Fsp3) is 0.316. The maximum Gasteiger partial charge on any atom is 0.241 e. The highest BCUT2D eigenvalue weighted by Gasteiger charge is 2.23. The van der Waals surface area contributed by atoms with Gasteiger partial charge in [-0.25, -0.2) is 12.8 Å². The van der Waals surface area contributed by atoms with Gasteiger partial charge in [-0.05, 0) is 50.1 Å². The van der Waals surface area contributed by atoms with Gasteiger partial charge in [-0.3, -0.25) is 9.10 Å². The van der Waals surface area contributed by atoms with Gasteiger partial charge >= 0.3 is 0 Å². The topological polar surface area (TPSA) is 66.5 Å². The van der Waals surface area contributed by atoms with Crippen LogP contribution in [0, 0.1) is 19.7 Å². The van der Waals surface area contributed by atoms with Crippen LogP contribution in [0.2, 0.25) is 0 Å². The smallest absolute Gasteiger partial charge is 0.241 e. The molecule has 1 amide bonds. The van der Waals surface area contributed by atoms with Crippen LogP contribution in [0.1, 0.15) is 29.7 Å². The molecule has 0 aromatic heterocycles. The van der Waals surface area contributed by atoms with E-state index in [-0.39, 0.29) is 18.4 Å². The van der Waals surface area contributed by atoms with Gasteiger partial charge in [0.15, 0.2) is 0 Å². The first-order valence-electron chi connectivity index (χ1n) is 8.17. The first-order chi connectivity index (χ1) is 12.1. The van der Waals surface area contributed by atoms with Gasteiger partial charge in [-0.1, -0.05) is 29.8 Å². The first kappa shape index (κ1) is 19.9. The quantitative estimate of drug-likeness (QED) is 0.840. The number of aryl methyl sites for hydroxylation is 2. The molecule has 26 heavy (non-hydrogen) atoms. The number of anilines is 1. The molecule has 0 fully saturated rings. The van der Waals surface area contributed by atoms with E-state index in [0.717, 1.165) is 27.3 Å². The Bertz CT molecular complexity index is 896. The number of carbonyl (C=O) groups excluding carboxylic acids is 1. The third-order valence-corrected chi connectivity index (χ3v) is 5.18. The molecule has 140 valence electrons. The molecule has 2 rings (SSSR count). The molecule has 0 aliphatic heterocycles. The van der Waals surface area contributed by atoms with Gasteiger partial charge < -0.3 is 5.32 Å². The minimum absolute atomic E-state index is 0.325. The largest absolute Gasteiger partial charge is 0.348 e. The van der Waals surface area contributed by atoms with Crippen molar-refractivity contribution in [2.45, 2.75) is 26.8 Å². The van der Waals surface area contributed by atoms with Gasteiger partial charge in [0.25, 0.3) is 0 Å². The van der Waals surface area contributed by atoms with Crippen molar-refractivity contribution in [2.24, 2.45) is 0 Å². The van der Waals surface area contributed by atoms with E-state index in [4.69, 9.17) is 0 Å². The molecular formula is C19H23FN2O3S. The zero-order valence-corrected chi connectivity index (χ0v) is 16.1. The SMILES string of the molecule is Cc1ccc(N(CC(=O)N[C@@H](C)c2ccc(F)cc2)S(C)(=O)=O)c(C)c1. The summed E-state index contributed by atoms with van der Waals surface area (Å²) in [6, 6.07) is 10.8. The molecule has 0 aliphatic carbocycles. The number of rotatable bonds is 6. The molecule has 0 saturated carbocycles. The Kier molecular flexibility index (Phi) is 6.02. The highest BCUT2D eigenvalue weighted by molar-refractivity contribution is 7.92. The number of halogens is 1. The Morgan fingerprint density at radius 1 is 1.15 bits per heavy atom. The van der Waals surface area contributed by atoms with Crippen molar-refractivity contribution in [3.63, 3.8) is 0 Å². The van der Waals surface area contributed by atoms with E-state index in [9.17, 15) is 17.6 Å². The predicted octanol–water partition coefficient (Wildman–Crippen LogP) is 3.09. The Hall–Kier alpha value is -2.41. The standard InChI is InChI=1S/C19H23FN2O3S/c1-13-5-10-18(14(2)11-13)22(26(4,24)25)12-19(23)21-15(3)16-6-8-17(20)9-7-16/h5-11,15H,12H2,1-4H3,(H,21,23)/t15-/m0/s1. The molecule has 2 aromatic carbocycles. The van der Waals surface area contributed by atoms with E-state index in [1.807, 2.05) is 13.0 Å².